The first-order chi connectivity index (χ1) is 32.4. The van der Waals surface area contributed by atoms with Crippen LogP contribution in [0.3, 0.4) is 0 Å². The average Bonchev–Trinajstić information content (AvgIpc) is 3.97. The zero-order valence-corrected chi connectivity index (χ0v) is 39.8. The monoisotopic (exact) mass is 974 g/mol. The van der Waals surface area contributed by atoms with Gasteiger partial charge in [0.15, 0.2) is 35.5 Å². The standard InChI is InChI=1S/C16H23FN4O4.2C15H19FN2O4/c1-5-16(17)12(22)10(6-24-8(2)3)25-15(16)21-7-18-11-13(21)19-9(4)20-14(11)23;2*1-5-15(16)12(19)11(8-21-9(2)3)22-13(15)18-7-6-10(4)17-14(18)20/h7-8,10,12,15,22H,5-6H2,1-4H3,(H,19,20,23);1,6-7,9,11-13,19H,8H2,2-4H3;1,6-7,9,11-13,19H,4,8H2,2-3H3,(H,17,20)/t10-,12-,15-,16-;2*11-,12-,13-,15-/m111/s1. The van der Waals surface area contributed by atoms with Crippen molar-refractivity contribution in [3.8, 4) is 24.7 Å². The van der Waals surface area contributed by atoms with Crippen LogP contribution in [0.5, 0.6) is 0 Å². The number of nitrogens with one attached hydrogen (secondary N) is 2. The number of carbonyl (C=O) groups is 1. The molecule has 4 aliphatic heterocycles. The Hall–Kier alpha value is -5.47. The number of ether oxygens (including phenoxy) is 6. The maximum absolute atomic E-state index is 15.6. The molecule has 0 unspecified atom stereocenters. The molecule has 12 atom stereocenters. The second kappa shape index (κ2) is 22.1. The Labute approximate surface area is 396 Å². The topological polar surface area (TPSA) is 247 Å². The van der Waals surface area contributed by atoms with Crippen LogP contribution in [0.4, 0.5) is 18.0 Å². The third-order valence-electron chi connectivity index (χ3n) is 11.4. The first-order valence-electron chi connectivity index (χ1n) is 22.2. The van der Waals surface area contributed by atoms with Crippen LogP contribution in [0.1, 0.15) is 78.9 Å². The number of terminal acetylenes is 2. The largest absolute Gasteiger partial charge is 0.387 e. The number of hydrogen-bond acceptors (Lipinski definition) is 15. The van der Waals surface area contributed by atoms with Crippen molar-refractivity contribution in [3.05, 3.63) is 75.5 Å². The number of imidazole rings is 1. The summed E-state index contributed by atoms with van der Waals surface area (Å²) in [5.41, 5.74) is -7.04. The molecular weight excluding hydrogens is 914 g/mol. The smallest absolute Gasteiger partial charge is 0.350 e. The molecule has 0 radical (unpaired) electrons. The number of hydrogen-bond donors (Lipinski definition) is 5. The molecule has 0 aliphatic carbocycles. The average molecular weight is 975 g/mol. The molecule has 0 saturated carbocycles. The second-order valence-corrected chi connectivity index (χ2v) is 17.6. The number of H-pyrrole nitrogens is 1. The number of aromatic nitrogens is 6. The summed E-state index contributed by atoms with van der Waals surface area (Å²) >= 11 is 0. The van der Waals surface area contributed by atoms with Crippen molar-refractivity contribution >= 4 is 17.2 Å². The molecule has 7 heterocycles. The number of alkyl halides is 3. The van der Waals surface area contributed by atoms with Crippen molar-refractivity contribution in [1.82, 2.24) is 39.3 Å². The van der Waals surface area contributed by atoms with Crippen molar-refractivity contribution in [2.45, 2.75) is 159 Å². The molecule has 5 N–H and O–H groups in total. The SMILES string of the molecule is C#C[C@@]1(F)[C@H](O)[C@@H](COC(C)C)O[C@H]1N1C=CC(=C)NC1=O.C#C[C@@]1(F)[C@H](O)[C@@H](COC(C)C)O[C@H]1n1ccc(C)nc1=O.CC[C@@]1(F)[C@H](O)[C@@H](COC(C)C)O[C@H]1n1cnc2c(=O)[nH]c(C)nc21. The van der Waals surface area contributed by atoms with Gasteiger partial charge >= 0.3 is 11.7 Å². The van der Waals surface area contributed by atoms with Gasteiger partial charge in [0.2, 0.25) is 11.3 Å². The van der Waals surface area contributed by atoms with Gasteiger partial charge in [0.1, 0.15) is 42.4 Å². The zero-order valence-electron chi connectivity index (χ0n) is 39.8. The normalized spacial score (nSPS) is 31.9. The minimum absolute atomic E-state index is 0.0266. The molecule has 0 aromatic carbocycles. The lowest BCUT2D eigenvalue weighted by Gasteiger charge is -2.32. The van der Waals surface area contributed by atoms with Crippen molar-refractivity contribution in [2.24, 2.45) is 0 Å². The summed E-state index contributed by atoms with van der Waals surface area (Å²) in [6.45, 7) is 19.4. The van der Waals surface area contributed by atoms with E-state index in [2.05, 4.69) is 31.8 Å². The lowest BCUT2D eigenvalue weighted by atomic mass is 9.93. The number of carbonyl (C=O) groups excluding carboxylic acids is 1. The maximum atomic E-state index is 15.6. The molecule has 3 fully saturated rings. The van der Waals surface area contributed by atoms with Gasteiger partial charge in [-0.25, -0.2) is 32.7 Å². The highest BCUT2D eigenvalue weighted by Crippen LogP contribution is 2.45. The van der Waals surface area contributed by atoms with Crippen LogP contribution in [0.25, 0.3) is 11.2 Å². The summed E-state index contributed by atoms with van der Waals surface area (Å²) in [5, 5.41) is 33.2. The van der Waals surface area contributed by atoms with E-state index in [0.717, 1.165) is 9.47 Å². The van der Waals surface area contributed by atoms with Crippen LogP contribution in [0.15, 0.2) is 52.7 Å². The van der Waals surface area contributed by atoms with Gasteiger partial charge in [0, 0.05) is 23.8 Å². The number of amides is 2. The summed E-state index contributed by atoms with van der Waals surface area (Å²) in [4.78, 5) is 51.4. The molecule has 3 aromatic heterocycles. The fraction of sp³-hybridized carbons (Fsp3) is 0.609. The van der Waals surface area contributed by atoms with E-state index in [9.17, 15) is 38.5 Å². The van der Waals surface area contributed by atoms with Crippen LogP contribution >= 0.6 is 0 Å². The number of nitrogens with zero attached hydrogens (tertiary/aromatic N) is 6. The van der Waals surface area contributed by atoms with Crippen LogP contribution in [0, 0.1) is 38.5 Å². The first kappa shape index (κ1) is 54.5. The highest BCUT2D eigenvalue weighted by Gasteiger charge is 2.61. The van der Waals surface area contributed by atoms with Gasteiger partial charge in [-0.2, -0.15) is 4.98 Å². The van der Waals surface area contributed by atoms with Crippen molar-refractivity contribution in [2.75, 3.05) is 19.8 Å². The van der Waals surface area contributed by atoms with Gasteiger partial charge in [-0.3, -0.25) is 18.8 Å². The molecule has 69 heavy (non-hydrogen) atoms. The molecule has 378 valence electrons. The van der Waals surface area contributed by atoms with Crippen molar-refractivity contribution in [1.29, 1.82) is 0 Å². The first-order valence-corrected chi connectivity index (χ1v) is 22.2. The number of allylic oxidation sites excluding steroid dienone is 1. The number of aromatic amines is 1. The van der Waals surface area contributed by atoms with E-state index in [0.29, 0.717) is 17.2 Å². The lowest BCUT2D eigenvalue weighted by molar-refractivity contribution is -0.0838. The number of aliphatic hydroxyl groups is 3. The Bertz CT molecular complexity index is 2540. The summed E-state index contributed by atoms with van der Waals surface area (Å²) in [6.07, 6.45) is 4.30. The zero-order chi connectivity index (χ0) is 51.3. The van der Waals surface area contributed by atoms with E-state index in [-0.39, 0.29) is 55.7 Å². The fourth-order valence-electron chi connectivity index (χ4n) is 7.65. The Morgan fingerprint density at radius 2 is 1.32 bits per heavy atom. The van der Waals surface area contributed by atoms with E-state index in [4.69, 9.17) is 41.3 Å². The molecule has 4 aliphatic rings. The second-order valence-electron chi connectivity index (χ2n) is 17.6. The predicted molar refractivity (Wildman–Crippen MR) is 242 cm³/mol. The van der Waals surface area contributed by atoms with Crippen LogP contribution in [-0.4, -0.2) is 153 Å². The van der Waals surface area contributed by atoms with Gasteiger partial charge in [-0.1, -0.05) is 25.3 Å². The Morgan fingerprint density at radius 3 is 1.81 bits per heavy atom. The van der Waals surface area contributed by atoms with Crippen LogP contribution in [0.2, 0.25) is 0 Å². The van der Waals surface area contributed by atoms with Gasteiger partial charge in [-0.15, -0.1) is 12.8 Å². The number of urea groups is 1. The number of rotatable bonds is 13. The summed E-state index contributed by atoms with van der Waals surface area (Å²) in [6, 6.07) is 0.902. The van der Waals surface area contributed by atoms with Crippen LogP contribution < -0.4 is 16.6 Å². The number of fused-ring (bicyclic) bond motifs is 1. The highest BCUT2D eigenvalue weighted by atomic mass is 19.2. The Kier molecular flexibility index (Phi) is 17.4. The third-order valence-corrected chi connectivity index (χ3v) is 11.4. The maximum Gasteiger partial charge on any atom is 0.350 e. The molecule has 20 nitrogen and oxygen atoms in total. The van der Waals surface area contributed by atoms with Crippen LogP contribution in [-0.2, 0) is 28.4 Å². The van der Waals surface area contributed by atoms with Gasteiger partial charge in [0.25, 0.3) is 5.56 Å². The van der Waals surface area contributed by atoms with Crippen molar-refractivity contribution in [3.63, 3.8) is 0 Å². The molecule has 0 spiro atoms. The number of halogens is 3. The molecule has 3 saturated heterocycles. The predicted octanol–water partition coefficient (Wildman–Crippen LogP) is 2.70. The van der Waals surface area contributed by atoms with Gasteiger partial charge < -0.3 is 54.0 Å². The van der Waals surface area contributed by atoms with E-state index in [1.807, 2.05) is 25.7 Å². The molecule has 3 aromatic rings. The minimum Gasteiger partial charge on any atom is -0.387 e. The van der Waals surface area contributed by atoms with E-state index in [1.165, 1.54) is 35.4 Å². The Balaban J connectivity index is 0.000000194. The summed E-state index contributed by atoms with van der Waals surface area (Å²) < 4.78 is 80.8. The Morgan fingerprint density at radius 1 is 0.812 bits per heavy atom. The van der Waals surface area contributed by atoms with Gasteiger partial charge in [0.05, 0.1) is 44.5 Å². The highest BCUT2D eigenvalue weighted by molar-refractivity contribution is 5.79. The van der Waals surface area contributed by atoms with E-state index in [1.54, 1.807) is 48.5 Å². The summed E-state index contributed by atoms with van der Waals surface area (Å²) in [7, 11) is 0. The van der Waals surface area contributed by atoms with Crippen molar-refractivity contribution < 1.29 is 61.7 Å². The molecular formula is C46H61F3N8O12. The fourth-order valence-corrected chi connectivity index (χ4v) is 7.65. The van der Waals surface area contributed by atoms with E-state index < -0.39 is 89.6 Å². The summed E-state index contributed by atoms with van der Waals surface area (Å²) in [5.74, 6) is 4.21. The van der Waals surface area contributed by atoms with Gasteiger partial charge in [-0.05, 0) is 74.0 Å². The molecule has 7 rings (SSSR count). The number of aryl methyl sites for hydroxylation is 2. The third kappa shape index (κ3) is 11.4. The number of aliphatic hydroxyl groups excluding tert-OH is 3. The minimum atomic E-state index is -2.54. The lowest BCUT2D eigenvalue weighted by Crippen LogP contribution is -2.54. The van der Waals surface area contributed by atoms with E-state index >= 15 is 4.39 Å². The molecule has 2 amide bonds. The quantitative estimate of drug-likeness (QED) is 0.155. The molecule has 0 bridgehead atoms. The molecule has 23 heteroatoms.